The van der Waals surface area contributed by atoms with Crippen molar-refractivity contribution in [3.63, 3.8) is 0 Å². The van der Waals surface area contributed by atoms with E-state index >= 15 is 0 Å². The normalized spacial score (nSPS) is 22.2. The van der Waals surface area contributed by atoms with Gasteiger partial charge in [-0.25, -0.2) is 0 Å². The third-order valence-electron chi connectivity index (χ3n) is 5.12. The Labute approximate surface area is 183 Å². The van der Waals surface area contributed by atoms with Gasteiger partial charge in [0.1, 0.15) is 5.75 Å². The van der Waals surface area contributed by atoms with E-state index in [0.29, 0.717) is 12.8 Å². The zero-order valence-corrected chi connectivity index (χ0v) is 17.4. The van der Waals surface area contributed by atoms with Crippen molar-refractivity contribution < 1.29 is 34.2 Å². The van der Waals surface area contributed by atoms with Crippen LogP contribution in [0.5, 0.6) is 5.75 Å². The monoisotopic (exact) mass is 444 g/mol. The molecule has 10 heteroatoms. The molecule has 3 unspecified atom stereocenters. The van der Waals surface area contributed by atoms with Gasteiger partial charge in [-0.05, 0) is 37.5 Å². The number of phenolic OH excluding ortho intramolecular Hbond substituents is 1. The third kappa shape index (κ3) is 5.59. The van der Waals surface area contributed by atoms with Crippen molar-refractivity contribution in [2.45, 2.75) is 50.7 Å². The number of nitrogens with zero attached hydrogens (tertiary/aromatic N) is 1. The van der Waals surface area contributed by atoms with Gasteiger partial charge in [0.15, 0.2) is 0 Å². The summed E-state index contributed by atoms with van der Waals surface area (Å²) in [5.41, 5.74) is 0.911. The van der Waals surface area contributed by atoms with Crippen molar-refractivity contribution >= 4 is 17.6 Å². The molecule has 1 heterocycles. The zero-order chi connectivity index (χ0) is 23.3. The van der Waals surface area contributed by atoms with Crippen LogP contribution in [0.1, 0.15) is 37.3 Å². The lowest BCUT2D eigenvalue weighted by molar-refractivity contribution is -0.384. The van der Waals surface area contributed by atoms with E-state index in [4.69, 9.17) is 9.47 Å². The van der Waals surface area contributed by atoms with Gasteiger partial charge in [-0.15, -0.1) is 0 Å². The summed E-state index contributed by atoms with van der Waals surface area (Å²) in [6.07, 6.45) is -0.785. The molecular weight excluding hydrogens is 420 g/mol. The lowest BCUT2D eigenvalue weighted by Gasteiger charge is -2.38. The molecule has 10 nitrogen and oxygen atoms in total. The smallest absolute Gasteiger partial charge is 0.309 e. The number of aromatic hydroxyl groups is 1. The van der Waals surface area contributed by atoms with Crippen LogP contribution in [0.2, 0.25) is 0 Å². The molecule has 2 aromatic carbocycles. The highest BCUT2D eigenvalue weighted by atomic mass is 16.7. The summed E-state index contributed by atoms with van der Waals surface area (Å²) in [4.78, 5) is 34.6. The van der Waals surface area contributed by atoms with Gasteiger partial charge >= 0.3 is 11.9 Å². The van der Waals surface area contributed by atoms with Crippen LogP contribution in [0.3, 0.4) is 0 Å². The highest BCUT2D eigenvalue weighted by Gasteiger charge is 2.47. The SMILES string of the molecule is CC(CCc1ccc([N+](=O)[O-])cc1)NC1OC(=O)CCC(=O)OC1(O)c1cccc(O)c1. The first-order chi connectivity index (χ1) is 15.2. The van der Waals surface area contributed by atoms with Crippen LogP contribution < -0.4 is 5.32 Å². The Morgan fingerprint density at radius 1 is 1.19 bits per heavy atom. The van der Waals surface area contributed by atoms with Gasteiger partial charge in [0.05, 0.1) is 17.8 Å². The Morgan fingerprint density at radius 3 is 2.53 bits per heavy atom. The number of cyclic esters (lactones) is 2. The van der Waals surface area contributed by atoms with Gasteiger partial charge in [-0.1, -0.05) is 24.3 Å². The molecule has 0 aliphatic carbocycles. The van der Waals surface area contributed by atoms with Crippen LogP contribution in [0.25, 0.3) is 0 Å². The molecule has 3 atom stereocenters. The Kier molecular flexibility index (Phi) is 7.06. The third-order valence-corrected chi connectivity index (χ3v) is 5.12. The number of hydrogen-bond acceptors (Lipinski definition) is 9. The molecule has 0 saturated carbocycles. The fraction of sp³-hybridized carbons (Fsp3) is 0.364. The van der Waals surface area contributed by atoms with Gasteiger partial charge in [0, 0.05) is 23.7 Å². The summed E-state index contributed by atoms with van der Waals surface area (Å²) < 4.78 is 10.7. The van der Waals surface area contributed by atoms with Crippen molar-refractivity contribution in [2.24, 2.45) is 0 Å². The summed E-state index contributed by atoms with van der Waals surface area (Å²) in [5.74, 6) is -3.98. The first-order valence-corrected chi connectivity index (χ1v) is 10.1. The van der Waals surface area contributed by atoms with Crippen LogP contribution in [0.15, 0.2) is 48.5 Å². The first-order valence-electron chi connectivity index (χ1n) is 10.1. The Hall–Kier alpha value is -3.50. The average Bonchev–Trinajstić information content (AvgIpc) is 2.75. The number of rotatable bonds is 7. The van der Waals surface area contributed by atoms with Gasteiger partial charge in [0.25, 0.3) is 11.5 Å². The van der Waals surface area contributed by atoms with Gasteiger partial charge < -0.3 is 19.7 Å². The van der Waals surface area contributed by atoms with Gasteiger partial charge in [-0.3, -0.25) is 25.0 Å². The molecule has 0 radical (unpaired) electrons. The Bertz CT molecular complexity index is 994. The summed E-state index contributed by atoms with van der Waals surface area (Å²) in [7, 11) is 0. The fourth-order valence-electron chi connectivity index (χ4n) is 3.35. The highest BCUT2D eigenvalue weighted by molar-refractivity contribution is 5.78. The number of esters is 2. The number of carbonyl (C=O) groups is 2. The maximum absolute atomic E-state index is 12.1. The van der Waals surface area contributed by atoms with Crippen molar-refractivity contribution in [1.29, 1.82) is 0 Å². The largest absolute Gasteiger partial charge is 0.508 e. The number of nitro benzene ring substituents is 1. The Balaban J connectivity index is 1.77. The van der Waals surface area contributed by atoms with Crippen molar-refractivity contribution in [3.05, 3.63) is 69.8 Å². The van der Waals surface area contributed by atoms with Crippen LogP contribution in [-0.2, 0) is 31.3 Å². The van der Waals surface area contributed by atoms with Crippen molar-refractivity contribution in [2.75, 3.05) is 0 Å². The number of benzene rings is 2. The minimum atomic E-state index is -2.35. The van der Waals surface area contributed by atoms with Gasteiger partial charge in [0.2, 0.25) is 6.23 Å². The van der Waals surface area contributed by atoms with E-state index < -0.39 is 28.9 Å². The average molecular weight is 444 g/mol. The first kappa shape index (κ1) is 23.2. The van der Waals surface area contributed by atoms with E-state index in [1.54, 1.807) is 19.1 Å². The maximum Gasteiger partial charge on any atom is 0.309 e. The second-order valence-electron chi connectivity index (χ2n) is 7.62. The molecule has 1 fully saturated rings. The molecule has 3 N–H and O–H groups in total. The summed E-state index contributed by atoms with van der Waals surface area (Å²) >= 11 is 0. The van der Waals surface area contributed by atoms with E-state index in [-0.39, 0.29) is 35.9 Å². The minimum Gasteiger partial charge on any atom is -0.508 e. The molecule has 2 aromatic rings. The molecule has 0 amide bonds. The number of aliphatic hydroxyl groups is 1. The number of carbonyl (C=O) groups excluding carboxylic acids is 2. The van der Waals surface area contributed by atoms with Crippen LogP contribution in [0, 0.1) is 10.1 Å². The van der Waals surface area contributed by atoms with E-state index in [2.05, 4.69) is 5.32 Å². The molecule has 1 saturated heterocycles. The number of phenols is 1. The summed E-state index contributed by atoms with van der Waals surface area (Å²) in [6, 6.07) is 11.4. The molecule has 32 heavy (non-hydrogen) atoms. The molecular formula is C22H24N2O8. The number of hydrogen-bond donors (Lipinski definition) is 3. The molecule has 170 valence electrons. The Morgan fingerprint density at radius 2 is 1.88 bits per heavy atom. The number of nitro groups is 1. The highest BCUT2D eigenvalue weighted by Crippen LogP contribution is 2.32. The molecule has 0 bridgehead atoms. The van der Waals surface area contributed by atoms with Crippen LogP contribution >= 0.6 is 0 Å². The predicted molar refractivity (Wildman–Crippen MR) is 111 cm³/mol. The maximum atomic E-state index is 12.1. The number of nitrogens with one attached hydrogen (secondary N) is 1. The molecule has 1 aliphatic rings. The van der Waals surface area contributed by atoms with Crippen LogP contribution in [-0.4, -0.2) is 39.3 Å². The second kappa shape index (κ2) is 9.75. The van der Waals surface area contributed by atoms with Crippen LogP contribution in [0.4, 0.5) is 5.69 Å². The predicted octanol–water partition coefficient (Wildman–Crippen LogP) is 2.26. The number of aryl methyl sites for hydroxylation is 1. The van der Waals surface area contributed by atoms with E-state index in [1.807, 2.05) is 0 Å². The lowest BCUT2D eigenvalue weighted by atomic mass is 10.0. The zero-order valence-electron chi connectivity index (χ0n) is 17.4. The summed E-state index contributed by atoms with van der Waals surface area (Å²) in [6.45, 7) is 1.79. The van der Waals surface area contributed by atoms with E-state index in [0.717, 1.165) is 5.56 Å². The fourth-order valence-corrected chi connectivity index (χ4v) is 3.35. The lowest BCUT2D eigenvalue weighted by Crippen LogP contribution is -2.56. The van der Waals surface area contributed by atoms with Crippen molar-refractivity contribution in [1.82, 2.24) is 5.32 Å². The molecule has 1 aliphatic heterocycles. The molecule has 3 rings (SSSR count). The van der Waals surface area contributed by atoms with Gasteiger partial charge in [-0.2, -0.15) is 0 Å². The minimum absolute atomic E-state index is 0.000602. The molecule has 0 spiro atoms. The van der Waals surface area contributed by atoms with E-state index in [9.17, 15) is 29.9 Å². The second-order valence-corrected chi connectivity index (χ2v) is 7.62. The quantitative estimate of drug-likeness (QED) is 0.332. The summed E-state index contributed by atoms with van der Waals surface area (Å²) in [5, 5.41) is 34.9. The topological polar surface area (TPSA) is 148 Å². The molecule has 0 aromatic heterocycles. The van der Waals surface area contributed by atoms with Crippen molar-refractivity contribution in [3.8, 4) is 5.75 Å². The number of non-ortho nitro benzene ring substituents is 1. The number of ether oxygens (including phenoxy) is 2. The van der Waals surface area contributed by atoms with E-state index in [1.165, 1.54) is 36.4 Å². The standard InChI is InChI=1S/C22H24N2O8/c1-14(5-6-15-7-9-17(10-8-15)24(29)30)23-21-22(28,16-3-2-4-18(25)13-16)32-20(27)12-11-19(26)31-21/h2-4,7-10,13-14,21,23,25,28H,5-6,11-12H2,1H3.